The van der Waals surface area contributed by atoms with E-state index in [1.54, 1.807) is 0 Å². The third-order valence-electron chi connectivity index (χ3n) is 9.26. The molecule has 5 nitrogen and oxygen atoms in total. The molecule has 0 saturated heterocycles. The van der Waals surface area contributed by atoms with E-state index < -0.39 is 0 Å². The zero-order valence-corrected chi connectivity index (χ0v) is 24.9. The number of aromatic nitrogens is 3. The zero-order valence-electron chi connectivity index (χ0n) is 24.9. The lowest BCUT2D eigenvalue weighted by Crippen LogP contribution is -2.21. The predicted molar refractivity (Wildman–Crippen MR) is 177 cm³/mol. The molecule has 2 aromatic heterocycles. The molecule has 1 aliphatic carbocycles. The quantitative estimate of drug-likeness (QED) is 0.210. The molecular weight excluding hydrogens is 550 g/mol. The maximum Gasteiger partial charge on any atom is 0.159 e. The number of para-hydroxylation sites is 1. The number of hydrogen-bond acceptors (Lipinski definition) is 4. The van der Waals surface area contributed by atoms with Gasteiger partial charge in [-0.15, -0.1) is 0 Å². The summed E-state index contributed by atoms with van der Waals surface area (Å²) in [5, 5.41) is 20.7. The normalized spacial score (nSPS) is 15.3. The standard InChI is InChI=1S/C40H27N5/c1-24-15-16-26(21-41)19-32(24)38-31-12-8-14-35(37(31)25(2)29-18-17-27(22-42)20-33(29)38)45-34-13-7-6-11-30(34)39-36(45)23-43-40(44-39)28-9-4-3-5-10-28/h3-20,23,25,38H,1-2H3. The summed E-state index contributed by atoms with van der Waals surface area (Å²) in [6.45, 7) is 4.35. The topological polar surface area (TPSA) is 78.3 Å². The highest BCUT2D eigenvalue weighted by atomic mass is 15.0. The monoisotopic (exact) mass is 577 g/mol. The molecule has 0 N–H and O–H groups in total. The Kier molecular flexibility index (Phi) is 6.08. The average Bonchev–Trinajstić information content (AvgIpc) is 3.42. The van der Waals surface area contributed by atoms with E-state index >= 15 is 0 Å². The molecule has 8 rings (SSSR count). The minimum absolute atomic E-state index is 0.0513. The van der Waals surface area contributed by atoms with Crippen LogP contribution in [-0.4, -0.2) is 14.5 Å². The van der Waals surface area contributed by atoms with Crippen LogP contribution in [0.15, 0.2) is 115 Å². The number of fused-ring (bicyclic) bond motifs is 5. The second-order valence-corrected chi connectivity index (χ2v) is 11.7. The fourth-order valence-corrected chi connectivity index (χ4v) is 7.18. The van der Waals surface area contributed by atoms with Crippen LogP contribution in [0.4, 0.5) is 0 Å². The highest BCUT2D eigenvalue weighted by molar-refractivity contribution is 6.07. The van der Waals surface area contributed by atoms with E-state index in [1.165, 1.54) is 16.7 Å². The maximum absolute atomic E-state index is 9.85. The summed E-state index contributed by atoms with van der Waals surface area (Å²) in [5.74, 6) is 0.613. The van der Waals surface area contributed by atoms with Crippen molar-refractivity contribution in [2.75, 3.05) is 0 Å². The van der Waals surface area contributed by atoms with Crippen LogP contribution in [0.1, 0.15) is 63.3 Å². The molecule has 1 aliphatic rings. The van der Waals surface area contributed by atoms with Gasteiger partial charge in [-0.1, -0.05) is 79.7 Å². The van der Waals surface area contributed by atoms with E-state index in [2.05, 4.69) is 79.1 Å². The van der Waals surface area contributed by atoms with Crippen LogP contribution in [0.3, 0.4) is 0 Å². The second kappa shape index (κ2) is 10.3. The molecule has 0 amide bonds. The Morgan fingerprint density at radius 1 is 0.689 bits per heavy atom. The molecule has 0 radical (unpaired) electrons. The molecule has 212 valence electrons. The predicted octanol–water partition coefficient (Wildman–Crippen LogP) is 8.94. The van der Waals surface area contributed by atoms with Crippen molar-refractivity contribution in [1.82, 2.24) is 14.5 Å². The van der Waals surface area contributed by atoms with Crippen LogP contribution in [0.25, 0.3) is 39.0 Å². The Bertz CT molecular complexity index is 2390. The average molecular weight is 578 g/mol. The maximum atomic E-state index is 9.85. The second-order valence-electron chi connectivity index (χ2n) is 11.7. The van der Waals surface area contributed by atoms with Gasteiger partial charge in [-0.05, 0) is 76.7 Å². The van der Waals surface area contributed by atoms with Crippen molar-refractivity contribution in [3.05, 3.63) is 160 Å². The summed E-state index contributed by atoms with van der Waals surface area (Å²) in [5.41, 5.74) is 13.1. The molecular formula is C40H27N5. The van der Waals surface area contributed by atoms with Crippen LogP contribution in [0.2, 0.25) is 0 Å². The van der Waals surface area contributed by atoms with Crippen molar-refractivity contribution in [1.29, 1.82) is 10.5 Å². The summed E-state index contributed by atoms with van der Waals surface area (Å²) in [7, 11) is 0. The number of benzene rings is 5. The molecule has 0 fully saturated rings. The van der Waals surface area contributed by atoms with Crippen molar-refractivity contribution in [2.24, 2.45) is 0 Å². The molecule has 2 atom stereocenters. The molecule has 7 aromatic rings. The van der Waals surface area contributed by atoms with E-state index in [-0.39, 0.29) is 11.8 Å². The van der Waals surface area contributed by atoms with Crippen LogP contribution in [0.5, 0.6) is 0 Å². The Hall–Kier alpha value is -6.04. The fraction of sp³-hybridized carbons (Fsp3) is 0.100. The highest BCUT2D eigenvalue weighted by Gasteiger charge is 2.35. The minimum Gasteiger partial charge on any atom is -0.306 e. The summed E-state index contributed by atoms with van der Waals surface area (Å²) >= 11 is 0. The van der Waals surface area contributed by atoms with Gasteiger partial charge in [0.25, 0.3) is 0 Å². The first-order valence-electron chi connectivity index (χ1n) is 15.1. The van der Waals surface area contributed by atoms with E-state index in [0.717, 1.165) is 49.9 Å². The first kappa shape index (κ1) is 26.6. The molecule has 5 heteroatoms. The summed E-state index contributed by atoms with van der Waals surface area (Å²) < 4.78 is 2.30. The van der Waals surface area contributed by atoms with Gasteiger partial charge in [-0.25, -0.2) is 9.97 Å². The molecule has 2 unspecified atom stereocenters. The van der Waals surface area contributed by atoms with Gasteiger partial charge < -0.3 is 4.57 Å². The number of aryl methyl sites for hydroxylation is 1. The van der Waals surface area contributed by atoms with Gasteiger partial charge in [-0.2, -0.15) is 10.5 Å². The summed E-state index contributed by atoms with van der Waals surface area (Å²) in [4.78, 5) is 9.95. The number of hydrogen-bond donors (Lipinski definition) is 0. The first-order chi connectivity index (χ1) is 22.1. The van der Waals surface area contributed by atoms with Crippen molar-refractivity contribution in [3.63, 3.8) is 0 Å². The lowest BCUT2D eigenvalue weighted by molar-refractivity contribution is 0.783. The van der Waals surface area contributed by atoms with Gasteiger partial charge in [-0.3, -0.25) is 0 Å². The van der Waals surface area contributed by atoms with Crippen LogP contribution in [-0.2, 0) is 0 Å². The van der Waals surface area contributed by atoms with Crippen LogP contribution < -0.4 is 0 Å². The Balaban J connectivity index is 1.43. The van der Waals surface area contributed by atoms with E-state index in [1.807, 2.05) is 66.9 Å². The largest absolute Gasteiger partial charge is 0.306 e. The first-order valence-corrected chi connectivity index (χ1v) is 15.1. The number of nitriles is 2. The molecule has 45 heavy (non-hydrogen) atoms. The van der Waals surface area contributed by atoms with Gasteiger partial charge in [0.1, 0.15) is 5.52 Å². The van der Waals surface area contributed by atoms with Gasteiger partial charge in [0, 0.05) is 22.8 Å². The molecule has 2 heterocycles. The molecule has 0 aliphatic heterocycles. The van der Waals surface area contributed by atoms with Crippen molar-refractivity contribution < 1.29 is 0 Å². The van der Waals surface area contributed by atoms with Crippen molar-refractivity contribution >= 4 is 21.9 Å². The smallest absolute Gasteiger partial charge is 0.159 e. The zero-order chi connectivity index (χ0) is 30.7. The number of nitrogens with zero attached hydrogens (tertiary/aromatic N) is 5. The Morgan fingerprint density at radius 2 is 1.42 bits per heavy atom. The lowest BCUT2D eigenvalue weighted by Gasteiger charge is -2.35. The number of rotatable bonds is 3. The van der Waals surface area contributed by atoms with E-state index in [4.69, 9.17) is 9.97 Å². The van der Waals surface area contributed by atoms with Crippen LogP contribution >= 0.6 is 0 Å². The fourth-order valence-electron chi connectivity index (χ4n) is 7.18. The summed E-state index contributed by atoms with van der Waals surface area (Å²) in [6, 6.07) is 41.6. The van der Waals surface area contributed by atoms with Gasteiger partial charge >= 0.3 is 0 Å². The van der Waals surface area contributed by atoms with E-state index in [0.29, 0.717) is 17.0 Å². The molecule has 0 bridgehead atoms. The minimum atomic E-state index is -0.137. The Labute approximate surface area is 261 Å². The lowest BCUT2D eigenvalue weighted by atomic mass is 9.69. The van der Waals surface area contributed by atoms with Gasteiger partial charge in [0.2, 0.25) is 0 Å². The third-order valence-corrected chi connectivity index (χ3v) is 9.26. The molecule has 5 aromatic carbocycles. The SMILES string of the molecule is Cc1ccc(C#N)cc1C1c2cc(C#N)ccc2C(C)c2c1cccc2-n1c2ccccc2c2nc(-c3ccccc3)ncc21. The van der Waals surface area contributed by atoms with Crippen LogP contribution in [0, 0.1) is 29.6 Å². The van der Waals surface area contributed by atoms with Crippen molar-refractivity contribution in [2.45, 2.75) is 25.7 Å². The van der Waals surface area contributed by atoms with E-state index in [9.17, 15) is 10.5 Å². The van der Waals surface area contributed by atoms with Gasteiger partial charge in [0.05, 0.1) is 46.2 Å². The highest BCUT2D eigenvalue weighted by Crippen LogP contribution is 2.50. The third kappa shape index (κ3) is 4.06. The van der Waals surface area contributed by atoms with Crippen molar-refractivity contribution in [3.8, 4) is 29.2 Å². The molecule has 0 spiro atoms. The summed E-state index contributed by atoms with van der Waals surface area (Å²) in [6.07, 6.45) is 1.95. The Morgan fingerprint density at radius 3 is 2.22 bits per heavy atom. The molecule has 0 saturated carbocycles. The van der Waals surface area contributed by atoms with Gasteiger partial charge in [0.15, 0.2) is 5.82 Å².